The minimum atomic E-state index is -0.282. The lowest BCUT2D eigenvalue weighted by atomic mass is 9.40. The molecule has 3 heteroatoms. The van der Waals surface area contributed by atoms with Crippen molar-refractivity contribution in [3.63, 3.8) is 0 Å². The van der Waals surface area contributed by atoms with E-state index in [2.05, 4.69) is 34.6 Å². The van der Waals surface area contributed by atoms with Crippen molar-refractivity contribution < 1.29 is 15.3 Å². The maximum atomic E-state index is 11.8. The maximum absolute atomic E-state index is 11.8. The predicted octanol–water partition coefficient (Wildman–Crippen LogP) is 5.27. The summed E-state index contributed by atoms with van der Waals surface area (Å²) >= 11 is 0. The first-order valence-corrected chi connectivity index (χ1v) is 13.2. The Labute approximate surface area is 185 Å². The lowest BCUT2D eigenvalue weighted by Gasteiger charge is -2.66. The number of aliphatic hydroxyl groups is 3. The fourth-order valence-electron chi connectivity index (χ4n) is 9.88. The van der Waals surface area contributed by atoms with Crippen LogP contribution in [0.1, 0.15) is 92.4 Å². The topological polar surface area (TPSA) is 60.7 Å². The van der Waals surface area contributed by atoms with E-state index in [1.165, 1.54) is 32.1 Å². The van der Waals surface area contributed by atoms with E-state index in [1.54, 1.807) is 0 Å². The molecule has 0 aromatic heterocycles. The van der Waals surface area contributed by atoms with E-state index < -0.39 is 0 Å². The molecule has 5 unspecified atom stereocenters. The van der Waals surface area contributed by atoms with Crippen molar-refractivity contribution in [1.29, 1.82) is 0 Å². The van der Waals surface area contributed by atoms with Gasteiger partial charge in [0.25, 0.3) is 0 Å². The monoisotopic (exact) mass is 420 g/mol. The van der Waals surface area contributed by atoms with Crippen LogP contribution >= 0.6 is 0 Å². The molecule has 0 aromatic rings. The maximum Gasteiger partial charge on any atom is 0.0605 e. The van der Waals surface area contributed by atoms with Crippen LogP contribution in [0, 0.1) is 58.2 Å². The number of fused-ring (bicyclic) bond motifs is 5. The Bertz CT molecular complexity index is 607. The molecule has 0 radical (unpaired) electrons. The van der Waals surface area contributed by atoms with Crippen molar-refractivity contribution in [3.05, 3.63) is 0 Å². The van der Waals surface area contributed by atoms with Gasteiger partial charge in [0.05, 0.1) is 12.2 Å². The number of rotatable bonds is 5. The van der Waals surface area contributed by atoms with Gasteiger partial charge in [-0.05, 0) is 103 Å². The molecular formula is C27H48O3. The smallest absolute Gasteiger partial charge is 0.0605 e. The van der Waals surface area contributed by atoms with Crippen molar-refractivity contribution in [2.75, 3.05) is 6.61 Å². The van der Waals surface area contributed by atoms with Gasteiger partial charge in [-0.3, -0.25) is 0 Å². The highest BCUT2D eigenvalue weighted by Crippen LogP contribution is 2.69. The fourth-order valence-corrected chi connectivity index (χ4v) is 9.88. The Kier molecular flexibility index (Phi) is 6.41. The SMILES string of the molecule is CC[C@H]1C(O)C2C3CC[C@H]([C@H](C)CCCO)[C@@]3(C)CC(O)C2[C@@]2(C)CC[C@@H](C)C[C@@H]12. The lowest BCUT2D eigenvalue weighted by molar-refractivity contribution is -0.232. The van der Waals surface area contributed by atoms with Crippen molar-refractivity contribution in [1.82, 2.24) is 0 Å². The van der Waals surface area contributed by atoms with E-state index in [1.807, 2.05) is 0 Å². The zero-order valence-corrected chi connectivity index (χ0v) is 20.2. The molecule has 0 amide bonds. The Morgan fingerprint density at radius 2 is 1.77 bits per heavy atom. The molecule has 0 heterocycles. The van der Waals surface area contributed by atoms with Gasteiger partial charge >= 0.3 is 0 Å². The standard InChI is InChI=1S/C27H48O3/c1-6-18-21-14-16(2)11-12-26(21,4)24-22(29)15-27(5)19(17(3)8-7-13-28)9-10-20(27)23(24)25(18)30/h16-25,28-30H,6-15H2,1-5H3/t16-,17-,18-,19-,20?,21+,22?,23?,24?,25?,26+,27-/m1/s1. The molecule has 174 valence electrons. The van der Waals surface area contributed by atoms with E-state index in [0.29, 0.717) is 29.6 Å². The summed E-state index contributed by atoms with van der Waals surface area (Å²) in [7, 11) is 0. The molecular weight excluding hydrogens is 372 g/mol. The number of hydrogen-bond donors (Lipinski definition) is 3. The summed E-state index contributed by atoms with van der Waals surface area (Å²) in [5.74, 6) is 3.93. The molecule has 3 nitrogen and oxygen atoms in total. The Hall–Kier alpha value is -0.120. The van der Waals surface area contributed by atoms with Gasteiger partial charge in [0, 0.05) is 6.61 Å². The van der Waals surface area contributed by atoms with Crippen molar-refractivity contribution in [2.45, 2.75) is 105 Å². The van der Waals surface area contributed by atoms with Crippen LogP contribution in [0.3, 0.4) is 0 Å². The second kappa shape index (κ2) is 8.34. The third kappa shape index (κ3) is 3.32. The molecule has 4 saturated carbocycles. The average Bonchev–Trinajstić information content (AvgIpc) is 3.04. The van der Waals surface area contributed by atoms with Gasteiger partial charge in [0.2, 0.25) is 0 Å². The van der Waals surface area contributed by atoms with Crippen LogP contribution in [-0.4, -0.2) is 34.1 Å². The van der Waals surface area contributed by atoms with Crippen LogP contribution in [-0.2, 0) is 0 Å². The summed E-state index contributed by atoms with van der Waals surface area (Å²) in [5, 5.41) is 32.8. The molecule has 4 aliphatic rings. The third-order valence-corrected chi connectivity index (χ3v) is 11.2. The lowest BCUT2D eigenvalue weighted by Crippen LogP contribution is -2.65. The molecule has 3 N–H and O–H groups in total. The first kappa shape index (κ1) is 23.1. The molecule has 0 aromatic carbocycles. The van der Waals surface area contributed by atoms with Crippen LogP contribution in [0.2, 0.25) is 0 Å². The first-order valence-electron chi connectivity index (χ1n) is 13.2. The number of hydrogen-bond acceptors (Lipinski definition) is 3. The molecule has 0 aliphatic heterocycles. The molecule has 0 saturated heterocycles. The highest BCUT2D eigenvalue weighted by Gasteiger charge is 2.67. The molecule has 4 rings (SSSR count). The van der Waals surface area contributed by atoms with Crippen molar-refractivity contribution in [3.8, 4) is 0 Å². The quantitative estimate of drug-likeness (QED) is 0.568. The number of aliphatic hydroxyl groups excluding tert-OH is 3. The highest BCUT2D eigenvalue weighted by molar-refractivity contribution is 5.15. The highest BCUT2D eigenvalue weighted by atomic mass is 16.3. The third-order valence-electron chi connectivity index (χ3n) is 11.2. The van der Waals surface area contributed by atoms with Gasteiger partial charge in [0.1, 0.15) is 0 Å². The van der Waals surface area contributed by atoms with Gasteiger partial charge in [-0.2, -0.15) is 0 Å². The molecule has 30 heavy (non-hydrogen) atoms. The normalized spacial score (nSPS) is 54.2. The summed E-state index contributed by atoms with van der Waals surface area (Å²) in [6, 6.07) is 0. The van der Waals surface area contributed by atoms with Gasteiger partial charge < -0.3 is 15.3 Å². The van der Waals surface area contributed by atoms with E-state index in [9.17, 15) is 15.3 Å². The van der Waals surface area contributed by atoms with E-state index in [-0.39, 0.29) is 41.5 Å². The summed E-state index contributed by atoms with van der Waals surface area (Å²) in [5.41, 5.74) is 0.304. The van der Waals surface area contributed by atoms with Crippen LogP contribution in [0.25, 0.3) is 0 Å². The Morgan fingerprint density at radius 1 is 1.03 bits per heavy atom. The van der Waals surface area contributed by atoms with Crippen LogP contribution < -0.4 is 0 Å². The zero-order valence-electron chi connectivity index (χ0n) is 20.2. The summed E-state index contributed by atoms with van der Waals surface area (Å²) < 4.78 is 0. The van der Waals surface area contributed by atoms with E-state index in [4.69, 9.17) is 0 Å². The molecule has 4 fully saturated rings. The molecule has 0 bridgehead atoms. The predicted molar refractivity (Wildman–Crippen MR) is 122 cm³/mol. The van der Waals surface area contributed by atoms with E-state index >= 15 is 0 Å². The first-order chi connectivity index (χ1) is 14.2. The van der Waals surface area contributed by atoms with Crippen molar-refractivity contribution in [2.24, 2.45) is 58.2 Å². The van der Waals surface area contributed by atoms with Gasteiger partial charge in [0.15, 0.2) is 0 Å². The molecule has 12 atom stereocenters. The van der Waals surface area contributed by atoms with Crippen LogP contribution in [0.15, 0.2) is 0 Å². The van der Waals surface area contributed by atoms with Crippen molar-refractivity contribution >= 4 is 0 Å². The minimum Gasteiger partial charge on any atom is -0.396 e. The summed E-state index contributed by atoms with van der Waals surface area (Å²) in [6.07, 6.45) is 9.55. The van der Waals surface area contributed by atoms with Crippen LogP contribution in [0.5, 0.6) is 0 Å². The zero-order chi connectivity index (χ0) is 21.8. The largest absolute Gasteiger partial charge is 0.396 e. The fraction of sp³-hybridized carbons (Fsp3) is 1.00. The summed E-state index contributed by atoms with van der Waals surface area (Å²) in [6.45, 7) is 12.2. The average molecular weight is 421 g/mol. The second-order valence-corrected chi connectivity index (χ2v) is 12.6. The van der Waals surface area contributed by atoms with Gasteiger partial charge in [-0.1, -0.05) is 47.5 Å². The van der Waals surface area contributed by atoms with Crippen LogP contribution in [0.4, 0.5) is 0 Å². The molecule has 4 aliphatic carbocycles. The second-order valence-electron chi connectivity index (χ2n) is 12.6. The van der Waals surface area contributed by atoms with Gasteiger partial charge in [-0.25, -0.2) is 0 Å². The van der Waals surface area contributed by atoms with Gasteiger partial charge in [-0.15, -0.1) is 0 Å². The summed E-state index contributed by atoms with van der Waals surface area (Å²) in [4.78, 5) is 0. The van der Waals surface area contributed by atoms with E-state index in [0.717, 1.165) is 31.6 Å². The Morgan fingerprint density at radius 3 is 2.43 bits per heavy atom. The molecule has 0 spiro atoms. The Balaban J connectivity index is 1.68. The minimum absolute atomic E-state index is 0.125.